The van der Waals surface area contributed by atoms with Gasteiger partial charge in [0.15, 0.2) is 11.5 Å². The van der Waals surface area contributed by atoms with E-state index in [1.54, 1.807) is 29.5 Å². The summed E-state index contributed by atoms with van der Waals surface area (Å²) in [6, 6.07) is 7.10. The van der Waals surface area contributed by atoms with Gasteiger partial charge < -0.3 is 19.5 Å². The van der Waals surface area contributed by atoms with Crippen LogP contribution in [0, 0.1) is 0 Å². The molecule has 2 aliphatic rings. The fourth-order valence-corrected chi connectivity index (χ4v) is 3.70. The van der Waals surface area contributed by atoms with Gasteiger partial charge in [-0.15, -0.1) is 11.3 Å². The van der Waals surface area contributed by atoms with Gasteiger partial charge in [0.1, 0.15) is 25.4 Å². The number of nitrogens with one attached hydrogen (secondary N) is 1. The number of Topliss-reactive ketones (excluding diaryl/α,β-unsaturated/α-hetero) is 1. The maximum Gasteiger partial charge on any atom is 0.232 e. The van der Waals surface area contributed by atoms with Crippen molar-refractivity contribution in [2.24, 2.45) is 0 Å². The molecule has 0 spiro atoms. The maximum atomic E-state index is 12.6. The van der Waals surface area contributed by atoms with E-state index in [2.05, 4.69) is 0 Å². The topological polar surface area (TPSA) is 60.2 Å². The number of aromatic hydroxyl groups is 1. The average Bonchev–Trinajstić information content (AvgIpc) is 3.21. The second-order valence-corrected chi connectivity index (χ2v) is 6.91. The molecule has 0 atom stereocenters. The van der Waals surface area contributed by atoms with Crippen LogP contribution in [0.5, 0.6) is 11.5 Å². The lowest BCUT2D eigenvalue weighted by Gasteiger charge is -2.24. The minimum Gasteiger partial charge on any atom is -0.507 e. The van der Waals surface area contributed by atoms with Gasteiger partial charge in [-0.25, -0.2) is 0 Å². The highest BCUT2D eigenvalue weighted by Gasteiger charge is 2.32. The summed E-state index contributed by atoms with van der Waals surface area (Å²) in [6.45, 7) is 3.82. The number of ether oxygens (including phenoxy) is 2. The summed E-state index contributed by atoms with van der Waals surface area (Å²) >= 11 is 1.55. The van der Waals surface area contributed by atoms with E-state index in [-0.39, 0.29) is 11.5 Å². The van der Waals surface area contributed by atoms with Gasteiger partial charge in [0, 0.05) is 11.0 Å². The minimum absolute atomic E-state index is 0.128. The van der Waals surface area contributed by atoms with Crippen LogP contribution in [0.1, 0.15) is 20.8 Å². The fourth-order valence-electron chi connectivity index (χ4n) is 3.06. The summed E-state index contributed by atoms with van der Waals surface area (Å²) in [5.74, 6) is 0.868. The monoisotopic (exact) mass is 344 g/mol. The SMILES string of the molecule is O=C1/C(=C\c2cccs2)Oc2c1ccc(O)c2C[NH+]1CCOCC1. The Morgan fingerprint density at radius 3 is 2.83 bits per heavy atom. The van der Waals surface area contributed by atoms with Crippen LogP contribution >= 0.6 is 11.3 Å². The van der Waals surface area contributed by atoms with E-state index in [0.29, 0.717) is 42.4 Å². The highest BCUT2D eigenvalue weighted by molar-refractivity contribution is 7.10. The molecular formula is C18H18NO4S+. The number of rotatable bonds is 3. The van der Waals surface area contributed by atoms with E-state index in [1.165, 1.54) is 4.90 Å². The van der Waals surface area contributed by atoms with E-state index in [4.69, 9.17) is 9.47 Å². The van der Waals surface area contributed by atoms with Gasteiger partial charge in [0.2, 0.25) is 5.78 Å². The lowest BCUT2D eigenvalue weighted by atomic mass is 10.0. The van der Waals surface area contributed by atoms with Gasteiger partial charge in [-0.05, 0) is 23.6 Å². The van der Waals surface area contributed by atoms with Gasteiger partial charge in [-0.3, -0.25) is 4.79 Å². The third-order valence-electron chi connectivity index (χ3n) is 4.36. The average molecular weight is 344 g/mol. The Bertz CT molecular complexity index is 792. The summed E-state index contributed by atoms with van der Waals surface area (Å²) in [6.07, 6.45) is 1.76. The number of allylic oxidation sites excluding steroid dienone is 1. The summed E-state index contributed by atoms with van der Waals surface area (Å²) in [5.41, 5.74) is 1.23. The Morgan fingerprint density at radius 2 is 2.08 bits per heavy atom. The first-order chi connectivity index (χ1) is 11.7. The van der Waals surface area contributed by atoms with Crippen molar-refractivity contribution in [3.05, 3.63) is 51.4 Å². The van der Waals surface area contributed by atoms with Crippen molar-refractivity contribution in [3.63, 3.8) is 0 Å². The predicted molar refractivity (Wildman–Crippen MR) is 90.6 cm³/mol. The van der Waals surface area contributed by atoms with E-state index < -0.39 is 0 Å². The number of morpholine rings is 1. The molecule has 1 saturated heterocycles. The smallest absolute Gasteiger partial charge is 0.232 e. The Morgan fingerprint density at radius 1 is 1.25 bits per heavy atom. The number of ketones is 1. The highest BCUT2D eigenvalue weighted by atomic mass is 32.1. The van der Waals surface area contributed by atoms with E-state index in [0.717, 1.165) is 18.0 Å². The molecule has 2 N–H and O–H groups in total. The number of hydrogen-bond acceptors (Lipinski definition) is 5. The van der Waals surface area contributed by atoms with Crippen molar-refractivity contribution >= 4 is 23.2 Å². The summed E-state index contributed by atoms with van der Waals surface area (Å²) in [5, 5.41) is 12.2. The van der Waals surface area contributed by atoms with Crippen LogP contribution < -0.4 is 9.64 Å². The maximum absolute atomic E-state index is 12.6. The Kier molecular flexibility index (Phi) is 4.10. The molecule has 1 aromatic carbocycles. The first-order valence-corrected chi connectivity index (χ1v) is 8.84. The number of phenols is 1. The molecule has 1 aromatic heterocycles. The number of carbonyl (C=O) groups excluding carboxylic acids is 1. The molecule has 2 aliphatic heterocycles. The summed E-state index contributed by atoms with van der Waals surface area (Å²) < 4.78 is 11.2. The molecule has 0 saturated carbocycles. The van der Waals surface area contributed by atoms with Gasteiger partial charge in [0.25, 0.3) is 0 Å². The molecule has 24 heavy (non-hydrogen) atoms. The zero-order chi connectivity index (χ0) is 16.5. The molecule has 5 nitrogen and oxygen atoms in total. The highest BCUT2D eigenvalue weighted by Crippen LogP contribution is 2.39. The van der Waals surface area contributed by atoms with E-state index in [9.17, 15) is 9.90 Å². The van der Waals surface area contributed by atoms with Crippen molar-refractivity contribution in [1.82, 2.24) is 0 Å². The predicted octanol–water partition coefficient (Wildman–Crippen LogP) is 1.49. The van der Waals surface area contributed by atoms with Crippen LogP contribution in [0.4, 0.5) is 0 Å². The van der Waals surface area contributed by atoms with Crippen molar-refractivity contribution < 1.29 is 24.3 Å². The van der Waals surface area contributed by atoms with Crippen LogP contribution in [0.3, 0.4) is 0 Å². The van der Waals surface area contributed by atoms with Crippen molar-refractivity contribution in [2.45, 2.75) is 6.54 Å². The van der Waals surface area contributed by atoms with E-state index in [1.807, 2.05) is 17.5 Å². The second-order valence-electron chi connectivity index (χ2n) is 5.93. The number of hydrogen-bond donors (Lipinski definition) is 2. The van der Waals surface area contributed by atoms with Gasteiger partial charge >= 0.3 is 0 Å². The Labute approximate surface area is 143 Å². The van der Waals surface area contributed by atoms with Crippen LogP contribution in [-0.4, -0.2) is 37.2 Å². The molecule has 0 amide bonds. The number of benzene rings is 1. The molecule has 3 heterocycles. The van der Waals surface area contributed by atoms with Crippen LogP contribution in [-0.2, 0) is 11.3 Å². The molecule has 0 radical (unpaired) electrons. The molecule has 0 aliphatic carbocycles. The number of thiophene rings is 1. The normalized spacial score (nSPS) is 19.5. The molecule has 4 rings (SSSR count). The van der Waals surface area contributed by atoms with Gasteiger partial charge in [-0.2, -0.15) is 0 Å². The Balaban J connectivity index is 1.66. The molecule has 2 aromatic rings. The van der Waals surface area contributed by atoms with Crippen LogP contribution in [0.15, 0.2) is 35.4 Å². The third-order valence-corrected chi connectivity index (χ3v) is 5.18. The van der Waals surface area contributed by atoms with Crippen LogP contribution in [0.25, 0.3) is 6.08 Å². The minimum atomic E-state index is -0.128. The van der Waals surface area contributed by atoms with Crippen molar-refractivity contribution in [2.75, 3.05) is 26.3 Å². The first-order valence-electron chi connectivity index (χ1n) is 7.96. The number of phenolic OH excluding ortho intramolecular Hbond substituents is 1. The zero-order valence-electron chi connectivity index (χ0n) is 13.1. The third kappa shape index (κ3) is 2.84. The fraction of sp³-hybridized carbons (Fsp3) is 0.278. The molecular weight excluding hydrogens is 326 g/mol. The standard InChI is InChI=1S/C18H17NO4S/c20-15-4-3-13-17(21)16(10-12-2-1-9-24-12)23-18(13)14(15)11-19-5-7-22-8-6-19/h1-4,9-10,20H,5-8,11H2/p+1/b16-10+. The lowest BCUT2D eigenvalue weighted by Crippen LogP contribution is -3.12. The molecule has 124 valence electrons. The van der Waals surface area contributed by atoms with Crippen LogP contribution in [0.2, 0.25) is 0 Å². The second kappa shape index (κ2) is 6.39. The summed E-state index contributed by atoms with van der Waals surface area (Å²) in [4.78, 5) is 14.9. The zero-order valence-corrected chi connectivity index (χ0v) is 13.9. The number of quaternary nitrogens is 1. The lowest BCUT2D eigenvalue weighted by molar-refractivity contribution is -0.921. The quantitative estimate of drug-likeness (QED) is 0.828. The molecule has 0 unspecified atom stereocenters. The van der Waals surface area contributed by atoms with E-state index >= 15 is 0 Å². The van der Waals surface area contributed by atoms with Crippen molar-refractivity contribution in [1.29, 1.82) is 0 Å². The summed E-state index contributed by atoms with van der Waals surface area (Å²) in [7, 11) is 0. The number of carbonyl (C=O) groups is 1. The molecule has 6 heteroatoms. The molecule has 1 fully saturated rings. The van der Waals surface area contributed by atoms with Crippen molar-refractivity contribution in [3.8, 4) is 11.5 Å². The molecule has 0 bridgehead atoms. The first kappa shape index (κ1) is 15.4. The van der Waals surface area contributed by atoms with Gasteiger partial charge in [-0.1, -0.05) is 6.07 Å². The number of fused-ring (bicyclic) bond motifs is 1. The van der Waals surface area contributed by atoms with Gasteiger partial charge in [0.05, 0.1) is 24.3 Å². The largest absolute Gasteiger partial charge is 0.507 e. The Hall–Kier alpha value is -2.15.